The van der Waals surface area contributed by atoms with Gasteiger partial charge in [0.15, 0.2) is 17.6 Å². The van der Waals surface area contributed by atoms with Crippen LogP contribution >= 0.6 is 0 Å². The highest BCUT2D eigenvalue weighted by molar-refractivity contribution is 7.89. The molecule has 0 spiro atoms. The van der Waals surface area contributed by atoms with Crippen LogP contribution in [-0.4, -0.2) is 58.1 Å². The van der Waals surface area contributed by atoms with Gasteiger partial charge in [-0.05, 0) is 56.2 Å². The number of carbonyl (C=O) groups is 1. The van der Waals surface area contributed by atoms with Crippen LogP contribution in [0, 0.1) is 0 Å². The summed E-state index contributed by atoms with van der Waals surface area (Å²) in [5, 5.41) is 2.75. The molecule has 1 heterocycles. The van der Waals surface area contributed by atoms with E-state index in [1.807, 2.05) is 6.07 Å². The minimum atomic E-state index is -3.43. The molecule has 3 rings (SSSR count). The second-order valence-corrected chi connectivity index (χ2v) is 9.07. The van der Waals surface area contributed by atoms with Gasteiger partial charge < -0.3 is 19.5 Å². The van der Waals surface area contributed by atoms with Gasteiger partial charge >= 0.3 is 0 Å². The minimum Gasteiger partial charge on any atom is -0.493 e. The molecule has 1 aliphatic rings. The molecule has 0 bridgehead atoms. The van der Waals surface area contributed by atoms with Crippen LogP contribution in [0.5, 0.6) is 17.2 Å². The first kappa shape index (κ1) is 22.9. The molecule has 0 aliphatic carbocycles. The third-order valence-corrected chi connectivity index (χ3v) is 6.85. The summed E-state index contributed by atoms with van der Waals surface area (Å²) in [7, 11) is -1.89. The van der Waals surface area contributed by atoms with Gasteiger partial charge in [-0.15, -0.1) is 0 Å². The summed E-state index contributed by atoms with van der Waals surface area (Å²) in [4.78, 5) is 12.5. The van der Waals surface area contributed by atoms with Gasteiger partial charge in [0, 0.05) is 13.1 Å². The predicted octanol–water partition coefficient (Wildman–Crippen LogP) is 2.44. The number of ether oxygens (including phenoxy) is 3. The maximum atomic E-state index is 12.5. The number of nitrogens with one attached hydrogen (secondary N) is 1. The zero-order chi connectivity index (χ0) is 22.3. The van der Waals surface area contributed by atoms with Crippen LogP contribution in [0.15, 0.2) is 53.4 Å². The molecule has 9 heteroatoms. The van der Waals surface area contributed by atoms with Crippen LogP contribution in [-0.2, 0) is 14.8 Å². The second-order valence-electron chi connectivity index (χ2n) is 7.13. The Morgan fingerprint density at radius 3 is 2.35 bits per heavy atom. The van der Waals surface area contributed by atoms with Crippen LogP contribution in [0.1, 0.15) is 19.8 Å². The third-order valence-electron chi connectivity index (χ3n) is 4.94. The minimum absolute atomic E-state index is 0.241. The van der Waals surface area contributed by atoms with Crippen LogP contribution in [0.4, 0.5) is 0 Å². The van der Waals surface area contributed by atoms with Gasteiger partial charge in [0.25, 0.3) is 5.91 Å². The van der Waals surface area contributed by atoms with Crippen molar-refractivity contribution < 1.29 is 27.4 Å². The second kappa shape index (κ2) is 10.5. The topological polar surface area (TPSA) is 94.2 Å². The lowest BCUT2D eigenvalue weighted by atomic mass is 10.3. The largest absolute Gasteiger partial charge is 0.493 e. The third kappa shape index (κ3) is 5.89. The smallest absolute Gasteiger partial charge is 0.260 e. The average Bonchev–Trinajstić information content (AvgIpc) is 3.33. The molecule has 0 saturated carbocycles. The van der Waals surface area contributed by atoms with Gasteiger partial charge in [-0.25, -0.2) is 8.42 Å². The number of hydrogen-bond acceptors (Lipinski definition) is 6. The number of benzene rings is 2. The number of sulfonamides is 1. The van der Waals surface area contributed by atoms with Crippen molar-refractivity contribution in [3.05, 3.63) is 48.5 Å². The molecule has 1 N–H and O–H groups in total. The van der Waals surface area contributed by atoms with Crippen LogP contribution in [0.25, 0.3) is 0 Å². The van der Waals surface area contributed by atoms with Gasteiger partial charge in [-0.2, -0.15) is 4.31 Å². The van der Waals surface area contributed by atoms with Crippen molar-refractivity contribution in [1.82, 2.24) is 9.62 Å². The monoisotopic (exact) mass is 448 g/mol. The van der Waals surface area contributed by atoms with E-state index < -0.39 is 16.1 Å². The molecule has 1 aliphatic heterocycles. The molecular formula is C22H28N2O6S. The normalized spacial score (nSPS) is 15.3. The van der Waals surface area contributed by atoms with Crippen molar-refractivity contribution in [1.29, 1.82) is 0 Å². The summed E-state index contributed by atoms with van der Waals surface area (Å²) in [6, 6.07) is 13.5. The van der Waals surface area contributed by atoms with E-state index in [0.29, 0.717) is 30.3 Å². The number of hydrogen-bond donors (Lipinski definition) is 1. The first-order valence-electron chi connectivity index (χ1n) is 10.2. The first-order chi connectivity index (χ1) is 14.9. The van der Waals surface area contributed by atoms with E-state index in [2.05, 4.69) is 5.32 Å². The lowest BCUT2D eigenvalue weighted by Crippen LogP contribution is -2.38. The number of carbonyl (C=O) groups excluding carboxylic acids is 1. The van der Waals surface area contributed by atoms with Crippen molar-refractivity contribution >= 4 is 15.9 Å². The Hall–Kier alpha value is -2.78. The van der Waals surface area contributed by atoms with Crippen molar-refractivity contribution in [2.75, 3.05) is 33.4 Å². The maximum absolute atomic E-state index is 12.5. The molecule has 0 radical (unpaired) electrons. The van der Waals surface area contributed by atoms with E-state index >= 15 is 0 Å². The van der Waals surface area contributed by atoms with Crippen molar-refractivity contribution in [3.8, 4) is 17.2 Å². The van der Waals surface area contributed by atoms with E-state index in [9.17, 15) is 13.2 Å². The number of rotatable bonds is 10. The van der Waals surface area contributed by atoms with Gasteiger partial charge in [-0.1, -0.05) is 12.1 Å². The van der Waals surface area contributed by atoms with E-state index in [1.165, 1.54) is 4.31 Å². The molecule has 31 heavy (non-hydrogen) atoms. The molecule has 168 valence electrons. The molecule has 1 unspecified atom stereocenters. The van der Waals surface area contributed by atoms with Crippen LogP contribution in [0.2, 0.25) is 0 Å². The Morgan fingerprint density at radius 2 is 1.71 bits per heavy atom. The Kier molecular flexibility index (Phi) is 7.75. The van der Waals surface area contributed by atoms with E-state index in [-0.39, 0.29) is 24.0 Å². The highest BCUT2D eigenvalue weighted by Crippen LogP contribution is 2.27. The van der Waals surface area contributed by atoms with Gasteiger partial charge in [0.2, 0.25) is 10.0 Å². The van der Waals surface area contributed by atoms with Crippen LogP contribution < -0.4 is 19.5 Å². The zero-order valence-corrected chi connectivity index (χ0v) is 18.6. The summed E-state index contributed by atoms with van der Waals surface area (Å²) < 4.78 is 43.1. The number of para-hydroxylation sites is 2. The Morgan fingerprint density at radius 1 is 1.06 bits per heavy atom. The average molecular weight is 449 g/mol. The molecule has 1 fully saturated rings. The standard InChI is InChI=1S/C22H28N2O6S/c1-17(30-21-8-4-3-7-20(21)28-2)22(25)23-13-16-29-18-9-11-19(12-10-18)31(26,27)24-14-5-6-15-24/h3-4,7-12,17H,5-6,13-16H2,1-2H3,(H,23,25). The van der Waals surface area contributed by atoms with E-state index in [1.54, 1.807) is 56.5 Å². The highest BCUT2D eigenvalue weighted by atomic mass is 32.2. The summed E-state index contributed by atoms with van der Waals surface area (Å²) in [5.41, 5.74) is 0. The number of methoxy groups -OCH3 is 1. The lowest BCUT2D eigenvalue weighted by molar-refractivity contribution is -0.127. The predicted molar refractivity (Wildman–Crippen MR) is 116 cm³/mol. The van der Waals surface area contributed by atoms with Crippen LogP contribution in [0.3, 0.4) is 0 Å². The lowest BCUT2D eigenvalue weighted by Gasteiger charge is -2.17. The number of amides is 1. The number of nitrogens with zero attached hydrogens (tertiary/aromatic N) is 1. The van der Waals surface area contributed by atoms with Gasteiger partial charge in [0.05, 0.1) is 18.6 Å². The van der Waals surface area contributed by atoms with Crippen molar-refractivity contribution in [3.63, 3.8) is 0 Å². The SMILES string of the molecule is COc1ccccc1OC(C)C(=O)NCCOc1ccc(S(=O)(=O)N2CCCC2)cc1. The zero-order valence-electron chi connectivity index (χ0n) is 17.7. The molecule has 2 aromatic carbocycles. The Labute approximate surface area is 183 Å². The quantitative estimate of drug-likeness (QED) is 0.561. The molecule has 8 nitrogen and oxygen atoms in total. The fourth-order valence-electron chi connectivity index (χ4n) is 3.23. The Bertz CT molecular complexity index is 972. The Balaban J connectivity index is 1.43. The molecule has 1 amide bonds. The van der Waals surface area contributed by atoms with Crippen molar-refractivity contribution in [2.45, 2.75) is 30.8 Å². The summed E-state index contributed by atoms with van der Waals surface area (Å²) in [5.74, 6) is 1.31. The van der Waals surface area contributed by atoms with E-state index in [4.69, 9.17) is 14.2 Å². The summed E-state index contributed by atoms with van der Waals surface area (Å²) in [6.45, 7) is 3.32. The molecule has 1 saturated heterocycles. The summed E-state index contributed by atoms with van der Waals surface area (Å²) >= 11 is 0. The fourth-order valence-corrected chi connectivity index (χ4v) is 4.75. The van der Waals surface area contributed by atoms with E-state index in [0.717, 1.165) is 12.8 Å². The molecule has 0 aromatic heterocycles. The summed E-state index contributed by atoms with van der Waals surface area (Å²) in [6.07, 6.45) is 1.09. The molecule has 1 atom stereocenters. The maximum Gasteiger partial charge on any atom is 0.260 e. The van der Waals surface area contributed by atoms with Crippen molar-refractivity contribution in [2.24, 2.45) is 0 Å². The fraction of sp³-hybridized carbons (Fsp3) is 0.409. The van der Waals surface area contributed by atoms with Gasteiger partial charge in [0.1, 0.15) is 12.4 Å². The highest BCUT2D eigenvalue weighted by Gasteiger charge is 2.27. The molecule has 2 aromatic rings. The molecular weight excluding hydrogens is 420 g/mol. The van der Waals surface area contributed by atoms with Gasteiger partial charge in [-0.3, -0.25) is 4.79 Å². The first-order valence-corrected chi connectivity index (χ1v) is 11.7.